The van der Waals surface area contributed by atoms with Crippen LogP contribution in [0.3, 0.4) is 0 Å². The summed E-state index contributed by atoms with van der Waals surface area (Å²) in [4.78, 5) is 21.1. The summed E-state index contributed by atoms with van der Waals surface area (Å²) < 4.78 is 13.5. The number of carboxylic acid groups (broad SMARTS) is 1. The van der Waals surface area contributed by atoms with Crippen molar-refractivity contribution in [2.75, 3.05) is 5.75 Å². The van der Waals surface area contributed by atoms with Crippen molar-refractivity contribution >= 4 is 23.4 Å². The topological polar surface area (TPSA) is 80.4 Å². The summed E-state index contributed by atoms with van der Waals surface area (Å²) in [6, 6.07) is 1.70. The Hall–Kier alpha value is -1.63. The third-order valence-corrected chi connectivity index (χ3v) is 4.07. The molecule has 7 heteroatoms. The lowest BCUT2D eigenvalue weighted by molar-refractivity contribution is -0.387. The van der Waals surface area contributed by atoms with Crippen molar-refractivity contribution in [3.8, 4) is 0 Å². The number of rotatable bonds is 6. The fraction of sp³-hybridized carbons (Fsp3) is 0.417. The molecule has 1 aromatic rings. The van der Waals surface area contributed by atoms with Gasteiger partial charge in [0.2, 0.25) is 0 Å². The van der Waals surface area contributed by atoms with E-state index in [9.17, 15) is 19.3 Å². The number of carbonyl (C=O) groups is 1. The Morgan fingerprint density at radius 3 is 2.68 bits per heavy atom. The number of hydrogen-bond donors (Lipinski definition) is 1. The summed E-state index contributed by atoms with van der Waals surface area (Å²) in [5.74, 6) is -1.51. The summed E-state index contributed by atoms with van der Waals surface area (Å²) in [7, 11) is 0. The van der Waals surface area contributed by atoms with E-state index in [1.54, 1.807) is 0 Å². The molecule has 0 radical (unpaired) electrons. The number of nitrogens with zero attached hydrogens (tertiary/aromatic N) is 1. The average Bonchev–Trinajstić information content (AvgIpc) is 2.34. The number of hydrogen-bond acceptors (Lipinski definition) is 4. The minimum absolute atomic E-state index is 0.160. The van der Waals surface area contributed by atoms with Crippen molar-refractivity contribution in [2.45, 2.75) is 25.2 Å². The van der Waals surface area contributed by atoms with Crippen LogP contribution in [0, 0.1) is 21.8 Å². The summed E-state index contributed by atoms with van der Waals surface area (Å²) >= 11 is 1.17. The number of benzene rings is 1. The predicted octanol–water partition coefficient (Wildman–Crippen LogP) is 3.57. The van der Waals surface area contributed by atoms with Crippen LogP contribution in [0.4, 0.5) is 10.1 Å². The number of nitro groups is 1. The van der Waals surface area contributed by atoms with Crippen LogP contribution in [-0.4, -0.2) is 21.8 Å². The first-order valence-electron chi connectivity index (χ1n) is 5.70. The molecule has 1 atom stereocenters. The van der Waals surface area contributed by atoms with Crippen LogP contribution in [0.15, 0.2) is 17.0 Å². The first kappa shape index (κ1) is 15.4. The zero-order valence-corrected chi connectivity index (χ0v) is 11.4. The van der Waals surface area contributed by atoms with Crippen molar-refractivity contribution in [1.29, 1.82) is 0 Å². The molecule has 1 N–H and O–H groups in total. The highest BCUT2D eigenvalue weighted by Gasteiger charge is 2.22. The average molecular weight is 287 g/mol. The normalized spacial score (nSPS) is 12.2. The molecule has 0 saturated carbocycles. The Labute approximate surface area is 114 Å². The highest BCUT2D eigenvalue weighted by atomic mass is 32.2. The monoisotopic (exact) mass is 287 g/mol. The van der Waals surface area contributed by atoms with E-state index in [2.05, 4.69) is 0 Å². The van der Waals surface area contributed by atoms with Crippen LogP contribution in [-0.2, 0) is 0 Å². The maximum Gasteiger partial charge on any atom is 0.338 e. The number of aromatic carboxylic acids is 1. The second kappa shape index (κ2) is 6.51. The van der Waals surface area contributed by atoms with Crippen LogP contribution >= 0.6 is 11.8 Å². The molecule has 0 bridgehead atoms. The van der Waals surface area contributed by atoms with Crippen molar-refractivity contribution in [3.63, 3.8) is 0 Å². The van der Waals surface area contributed by atoms with Crippen LogP contribution in [0.25, 0.3) is 0 Å². The smallest absolute Gasteiger partial charge is 0.338 e. The third-order valence-electron chi connectivity index (χ3n) is 2.70. The molecule has 0 amide bonds. The molecule has 0 aromatic heterocycles. The minimum Gasteiger partial charge on any atom is -0.478 e. The van der Waals surface area contributed by atoms with Gasteiger partial charge in [0.15, 0.2) is 0 Å². The fourth-order valence-corrected chi connectivity index (χ4v) is 2.48. The minimum atomic E-state index is -1.51. The molecular weight excluding hydrogens is 273 g/mol. The van der Waals surface area contributed by atoms with E-state index in [4.69, 9.17) is 5.11 Å². The van der Waals surface area contributed by atoms with Gasteiger partial charge in [0, 0.05) is 11.8 Å². The highest BCUT2D eigenvalue weighted by Crippen LogP contribution is 2.33. The van der Waals surface area contributed by atoms with Gasteiger partial charge in [-0.25, -0.2) is 9.18 Å². The largest absolute Gasteiger partial charge is 0.478 e. The van der Waals surface area contributed by atoms with Gasteiger partial charge in [-0.1, -0.05) is 20.3 Å². The van der Waals surface area contributed by atoms with E-state index in [0.717, 1.165) is 18.6 Å². The summed E-state index contributed by atoms with van der Waals surface area (Å²) in [6.07, 6.45) is 0.913. The van der Waals surface area contributed by atoms with E-state index >= 15 is 0 Å². The highest BCUT2D eigenvalue weighted by molar-refractivity contribution is 7.99. The molecule has 0 aliphatic carbocycles. The second-order valence-corrected chi connectivity index (χ2v) is 5.25. The molecule has 1 unspecified atom stereocenters. The molecule has 0 saturated heterocycles. The van der Waals surface area contributed by atoms with Crippen LogP contribution < -0.4 is 0 Å². The van der Waals surface area contributed by atoms with Crippen molar-refractivity contribution < 1.29 is 19.2 Å². The summed E-state index contributed by atoms with van der Waals surface area (Å²) in [6.45, 7) is 3.98. The van der Waals surface area contributed by atoms with Gasteiger partial charge in [-0.05, 0) is 12.0 Å². The van der Waals surface area contributed by atoms with Crippen LogP contribution in [0.5, 0.6) is 0 Å². The third kappa shape index (κ3) is 3.92. The Bertz CT molecular complexity index is 507. The zero-order valence-electron chi connectivity index (χ0n) is 10.6. The molecular formula is C12H14FNO4S. The van der Waals surface area contributed by atoms with Gasteiger partial charge in [0.1, 0.15) is 11.4 Å². The molecule has 19 heavy (non-hydrogen) atoms. The fourth-order valence-electron chi connectivity index (χ4n) is 1.32. The predicted molar refractivity (Wildman–Crippen MR) is 70.2 cm³/mol. The first-order valence-corrected chi connectivity index (χ1v) is 6.69. The molecule has 1 rings (SSSR count). The van der Waals surface area contributed by atoms with Gasteiger partial charge in [-0.3, -0.25) is 10.1 Å². The van der Waals surface area contributed by atoms with Gasteiger partial charge in [-0.2, -0.15) is 0 Å². The lowest BCUT2D eigenvalue weighted by Gasteiger charge is -2.09. The zero-order chi connectivity index (χ0) is 14.6. The van der Waals surface area contributed by atoms with Gasteiger partial charge < -0.3 is 5.11 Å². The number of nitro benzene ring substituents is 1. The standard InChI is InChI=1S/C12H14FNO4S/c1-3-7(2)6-19-11-5-9(13)8(12(15)16)4-10(11)14(17)18/h4-5,7H,3,6H2,1-2H3,(H,15,16). The van der Waals surface area contributed by atoms with E-state index in [1.165, 1.54) is 11.8 Å². The molecule has 0 spiro atoms. The molecule has 1 aromatic carbocycles. The summed E-state index contributed by atoms with van der Waals surface area (Å²) in [5, 5.41) is 19.6. The van der Waals surface area contributed by atoms with E-state index in [-0.39, 0.29) is 10.6 Å². The van der Waals surface area contributed by atoms with Crippen LogP contribution in [0.2, 0.25) is 0 Å². The van der Waals surface area contributed by atoms with Crippen molar-refractivity contribution in [3.05, 3.63) is 33.6 Å². The molecule has 104 valence electrons. The van der Waals surface area contributed by atoms with Crippen molar-refractivity contribution in [2.24, 2.45) is 5.92 Å². The molecule has 0 aliphatic rings. The van der Waals surface area contributed by atoms with Gasteiger partial charge in [0.05, 0.1) is 9.82 Å². The maximum atomic E-state index is 13.5. The van der Waals surface area contributed by atoms with Crippen molar-refractivity contribution in [1.82, 2.24) is 0 Å². The van der Waals surface area contributed by atoms with Gasteiger partial charge in [0.25, 0.3) is 5.69 Å². The molecule has 0 heterocycles. The number of thioether (sulfide) groups is 1. The number of carboxylic acids is 1. The first-order chi connectivity index (χ1) is 8.86. The van der Waals surface area contributed by atoms with Gasteiger partial charge >= 0.3 is 5.97 Å². The maximum absolute atomic E-state index is 13.5. The number of halogens is 1. The second-order valence-electron chi connectivity index (χ2n) is 4.19. The summed E-state index contributed by atoms with van der Waals surface area (Å²) in [5.41, 5.74) is -1.05. The Morgan fingerprint density at radius 1 is 1.58 bits per heavy atom. The molecule has 5 nitrogen and oxygen atoms in total. The molecule has 0 aliphatic heterocycles. The Balaban J connectivity index is 3.12. The molecule has 0 fully saturated rings. The van der Waals surface area contributed by atoms with Crippen LogP contribution in [0.1, 0.15) is 30.6 Å². The Kier molecular flexibility index (Phi) is 5.29. The van der Waals surface area contributed by atoms with E-state index in [0.29, 0.717) is 11.7 Å². The lowest BCUT2D eigenvalue weighted by Crippen LogP contribution is -2.04. The SMILES string of the molecule is CCC(C)CSc1cc(F)c(C(=O)O)cc1[N+](=O)[O-]. The Morgan fingerprint density at radius 2 is 2.21 bits per heavy atom. The van der Waals surface area contributed by atoms with E-state index < -0.39 is 22.3 Å². The quantitative estimate of drug-likeness (QED) is 0.491. The van der Waals surface area contributed by atoms with Gasteiger partial charge in [-0.15, -0.1) is 11.8 Å². The lowest BCUT2D eigenvalue weighted by atomic mass is 10.2. The van der Waals surface area contributed by atoms with E-state index in [1.807, 2.05) is 13.8 Å².